The molecular weight excluding hydrogens is 265 g/mol. The topological polar surface area (TPSA) is 21.3 Å². The first-order valence-electron chi connectivity index (χ1n) is 7.46. The molecule has 0 aliphatic heterocycles. The molecule has 0 saturated heterocycles. The van der Waals surface area contributed by atoms with Crippen molar-refractivity contribution in [1.82, 2.24) is 5.32 Å². The maximum atomic E-state index is 12.3. The molecule has 2 aromatic rings. The number of ether oxygens (including phenoxy) is 1. The van der Waals surface area contributed by atoms with Crippen molar-refractivity contribution in [3.8, 4) is 5.75 Å². The summed E-state index contributed by atoms with van der Waals surface area (Å²) in [6.07, 6.45) is 0.430. The molecule has 3 heteroatoms. The second kappa shape index (κ2) is 6.90. The van der Waals surface area contributed by atoms with Gasteiger partial charge in [-0.1, -0.05) is 30.3 Å². The minimum Gasteiger partial charge on any atom is -0.493 e. The molecule has 2 rings (SSSR count). The summed E-state index contributed by atoms with van der Waals surface area (Å²) < 4.78 is 18.0. The van der Waals surface area contributed by atoms with Gasteiger partial charge in [-0.2, -0.15) is 0 Å². The average molecular weight is 289 g/mol. The Bertz CT molecular complexity index is 589. The van der Waals surface area contributed by atoms with Crippen molar-refractivity contribution in [3.05, 3.63) is 42.0 Å². The number of hydrogen-bond donors (Lipinski definition) is 1. The lowest BCUT2D eigenvalue weighted by Gasteiger charge is -2.22. The van der Waals surface area contributed by atoms with Crippen LogP contribution in [0.3, 0.4) is 0 Å². The second-order valence-corrected chi connectivity index (χ2v) is 6.26. The van der Waals surface area contributed by atoms with Gasteiger partial charge in [0, 0.05) is 24.1 Å². The van der Waals surface area contributed by atoms with Crippen molar-refractivity contribution in [1.29, 1.82) is 0 Å². The van der Waals surface area contributed by atoms with E-state index in [1.165, 1.54) is 10.8 Å². The van der Waals surface area contributed by atoms with E-state index in [-0.39, 0.29) is 12.2 Å². The summed E-state index contributed by atoms with van der Waals surface area (Å²) >= 11 is 0. The second-order valence-electron chi connectivity index (χ2n) is 6.26. The van der Waals surface area contributed by atoms with Gasteiger partial charge in [-0.15, -0.1) is 0 Å². The maximum Gasteiger partial charge on any atom is 0.124 e. The Balaban J connectivity index is 2.32. The highest BCUT2D eigenvalue weighted by molar-refractivity contribution is 5.87. The number of halogens is 1. The lowest BCUT2D eigenvalue weighted by atomic mass is 10.0. The van der Waals surface area contributed by atoms with E-state index in [1.807, 2.05) is 18.2 Å². The summed E-state index contributed by atoms with van der Waals surface area (Å²) in [5, 5.41) is 5.89. The summed E-state index contributed by atoms with van der Waals surface area (Å²) in [6.45, 7) is 7.22. The Labute approximate surface area is 126 Å². The Morgan fingerprint density at radius 1 is 1.10 bits per heavy atom. The number of fused-ring (bicyclic) bond motifs is 1. The molecule has 0 heterocycles. The average Bonchev–Trinajstić information content (AvgIpc) is 2.45. The van der Waals surface area contributed by atoms with Gasteiger partial charge in [0.2, 0.25) is 0 Å². The standard InChI is InChI=1S/C18H24FNO/c1-18(2,3)20-13-16-15-8-5-4-7-14(15)9-10-17(16)21-12-6-11-19/h4-5,7-10,20H,6,11-13H2,1-3H3. The Hall–Kier alpha value is -1.61. The molecule has 2 nitrogen and oxygen atoms in total. The highest BCUT2D eigenvalue weighted by atomic mass is 19.1. The number of hydrogen-bond acceptors (Lipinski definition) is 2. The minimum atomic E-state index is -0.344. The van der Waals surface area contributed by atoms with Crippen LogP contribution in [0, 0.1) is 0 Å². The number of nitrogens with one attached hydrogen (secondary N) is 1. The van der Waals surface area contributed by atoms with Crippen LogP contribution in [0.5, 0.6) is 5.75 Å². The Morgan fingerprint density at radius 3 is 2.57 bits per heavy atom. The molecule has 0 fully saturated rings. The molecule has 1 N–H and O–H groups in total. The molecule has 0 aliphatic carbocycles. The van der Waals surface area contributed by atoms with Gasteiger partial charge in [0.15, 0.2) is 0 Å². The van der Waals surface area contributed by atoms with Crippen molar-refractivity contribution in [2.45, 2.75) is 39.3 Å². The van der Waals surface area contributed by atoms with E-state index in [0.29, 0.717) is 13.0 Å². The third-order valence-electron chi connectivity index (χ3n) is 3.33. The van der Waals surface area contributed by atoms with Crippen LogP contribution in [0.2, 0.25) is 0 Å². The Kier molecular flexibility index (Phi) is 5.18. The zero-order valence-corrected chi connectivity index (χ0v) is 13.1. The van der Waals surface area contributed by atoms with Gasteiger partial charge in [0.25, 0.3) is 0 Å². The fourth-order valence-electron chi connectivity index (χ4n) is 2.22. The van der Waals surface area contributed by atoms with E-state index in [0.717, 1.165) is 17.9 Å². The van der Waals surface area contributed by atoms with Gasteiger partial charge < -0.3 is 10.1 Å². The van der Waals surface area contributed by atoms with E-state index in [2.05, 4.69) is 44.3 Å². The first kappa shape index (κ1) is 15.8. The third-order valence-corrected chi connectivity index (χ3v) is 3.33. The predicted octanol–water partition coefficient (Wildman–Crippen LogP) is 4.47. The number of benzene rings is 2. The number of alkyl halides is 1. The highest BCUT2D eigenvalue weighted by Gasteiger charge is 2.13. The normalized spacial score (nSPS) is 11.8. The van der Waals surface area contributed by atoms with Crippen LogP contribution in [0.4, 0.5) is 4.39 Å². The number of rotatable bonds is 6. The minimum absolute atomic E-state index is 0.0349. The monoisotopic (exact) mass is 289 g/mol. The molecule has 114 valence electrons. The summed E-state index contributed by atoms with van der Waals surface area (Å²) in [5.74, 6) is 0.846. The molecule has 0 aromatic heterocycles. The van der Waals surface area contributed by atoms with Crippen molar-refractivity contribution < 1.29 is 9.13 Å². The predicted molar refractivity (Wildman–Crippen MR) is 86.6 cm³/mol. The molecule has 0 atom stereocenters. The quantitative estimate of drug-likeness (QED) is 0.792. The first-order chi connectivity index (χ1) is 10.0. The molecule has 0 spiro atoms. The van der Waals surface area contributed by atoms with E-state index in [9.17, 15) is 4.39 Å². The van der Waals surface area contributed by atoms with E-state index in [1.54, 1.807) is 0 Å². The van der Waals surface area contributed by atoms with Crippen molar-refractivity contribution in [3.63, 3.8) is 0 Å². The molecular formula is C18H24FNO. The third kappa shape index (κ3) is 4.43. The molecule has 0 bridgehead atoms. The fourth-order valence-corrected chi connectivity index (χ4v) is 2.22. The van der Waals surface area contributed by atoms with Crippen LogP contribution in [0.15, 0.2) is 36.4 Å². The SMILES string of the molecule is CC(C)(C)NCc1c(OCCCF)ccc2ccccc12. The van der Waals surface area contributed by atoms with Crippen LogP contribution >= 0.6 is 0 Å². The highest BCUT2D eigenvalue weighted by Crippen LogP contribution is 2.28. The molecule has 0 unspecified atom stereocenters. The lowest BCUT2D eigenvalue weighted by Crippen LogP contribution is -2.35. The first-order valence-corrected chi connectivity index (χ1v) is 7.46. The molecule has 0 saturated carbocycles. The Morgan fingerprint density at radius 2 is 1.86 bits per heavy atom. The van der Waals surface area contributed by atoms with Crippen LogP contribution in [-0.2, 0) is 6.54 Å². The lowest BCUT2D eigenvalue weighted by molar-refractivity contribution is 0.286. The largest absolute Gasteiger partial charge is 0.493 e. The summed E-state index contributed by atoms with van der Waals surface area (Å²) in [5.41, 5.74) is 1.18. The van der Waals surface area contributed by atoms with Gasteiger partial charge in [-0.25, -0.2) is 0 Å². The maximum absolute atomic E-state index is 12.3. The molecule has 0 radical (unpaired) electrons. The van der Waals surface area contributed by atoms with Crippen molar-refractivity contribution in [2.75, 3.05) is 13.3 Å². The molecule has 21 heavy (non-hydrogen) atoms. The van der Waals surface area contributed by atoms with Gasteiger partial charge in [-0.3, -0.25) is 4.39 Å². The van der Waals surface area contributed by atoms with E-state index in [4.69, 9.17) is 4.74 Å². The molecule has 2 aromatic carbocycles. The smallest absolute Gasteiger partial charge is 0.124 e. The van der Waals surface area contributed by atoms with E-state index >= 15 is 0 Å². The van der Waals surface area contributed by atoms with Crippen LogP contribution in [0.1, 0.15) is 32.8 Å². The molecule has 0 aliphatic rings. The van der Waals surface area contributed by atoms with Crippen LogP contribution in [-0.4, -0.2) is 18.8 Å². The zero-order valence-electron chi connectivity index (χ0n) is 13.1. The van der Waals surface area contributed by atoms with Crippen molar-refractivity contribution >= 4 is 10.8 Å². The van der Waals surface area contributed by atoms with Crippen LogP contribution in [0.25, 0.3) is 10.8 Å². The summed E-state index contributed by atoms with van der Waals surface area (Å²) in [6, 6.07) is 12.3. The summed E-state index contributed by atoms with van der Waals surface area (Å²) in [7, 11) is 0. The molecule has 0 amide bonds. The van der Waals surface area contributed by atoms with E-state index < -0.39 is 0 Å². The summed E-state index contributed by atoms with van der Waals surface area (Å²) in [4.78, 5) is 0. The van der Waals surface area contributed by atoms with Gasteiger partial charge >= 0.3 is 0 Å². The van der Waals surface area contributed by atoms with Gasteiger partial charge in [0.05, 0.1) is 13.3 Å². The van der Waals surface area contributed by atoms with Crippen molar-refractivity contribution in [2.24, 2.45) is 0 Å². The van der Waals surface area contributed by atoms with Crippen LogP contribution < -0.4 is 10.1 Å². The van der Waals surface area contributed by atoms with Gasteiger partial charge in [-0.05, 0) is 37.6 Å². The zero-order chi connectivity index (χ0) is 15.3. The fraction of sp³-hybridized carbons (Fsp3) is 0.444. The van der Waals surface area contributed by atoms with Gasteiger partial charge in [0.1, 0.15) is 5.75 Å².